The molecular formula is C27H20O7. The summed E-state index contributed by atoms with van der Waals surface area (Å²) in [6.45, 7) is 0. The molecule has 0 spiro atoms. The Kier molecular flexibility index (Phi) is 7.41. The first-order valence-electron chi connectivity index (χ1n) is 10.1. The van der Waals surface area contributed by atoms with Crippen LogP contribution in [-0.4, -0.2) is 38.0 Å². The predicted molar refractivity (Wildman–Crippen MR) is 125 cm³/mol. The van der Waals surface area contributed by atoms with Gasteiger partial charge >= 0.3 is 5.97 Å². The van der Waals surface area contributed by atoms with Crippen LogP contribution in [0.4, 0.5) is 0 Å². The molecular weight excluding hydrogens is 436 g/mol. The molecule has 0 aromatic heterocycles. The van der Waals surface area contributed by atoms with Gasteiger partial charge in [-0.15, -0.1) is 0 Å². The Bertz CT molecular complexity index is 1290. The van der Waals surface area contributed by atoms with Crippen LogP contribution in [0.15, 0.2) is 97.1 Å². The van der Waals surface area contributed by atoms with E-state index in [9.17, 15) is 24.6 Å². The summed E-state index contributed by atoms with van der Waals surface area (Å²) in [5, 5.41) is 36.9. The number of para-hydroxylation sites is 3. The number of aromatic carboxylic acids is 1. The van der Waals surface area contributed by atoms with Crippen molar-refractivity contribution >= 4 is 17.5 Å². The minimum Gasteiger partial charge on any atom is -0.507 e. The van der Waals surface area contributed by atoms with Crippen LogP contribution in [0.2, 0.25) is 0 Å². The minimum absolute atomic E-state index is 0.0671. The van der Waals surface area contributed by atoms with Crippen molar-refractivity contribution in [2.45, 2.75) is 0 Å². The summed E-state index contributed by atoms with van der Waals surface area (Å²) >= 11 is 0. The number of ketones is 2. The summed E-state index contributed by atoms with van der Waals surface area (Å²) in [6, 6.07) is 24.5. The van der Waals surface area contributed by atoms with E-state index in [1.807, 2.05) is 0 Å². The van der Waals surface area contributed by atoms with Gasteiger partial charge in [0.2, 0.25) is 0 Å². The lowest BCUT2D eigenvalue weighted by molar-refractivity contribution is 0.0693. The molecule has 0 aliphatic rings. The highest BCUT2D eigenvalue weighted by Crippen LogP contribution is 2.23. The molecule has 4 N–H and O–H groups in total. The highest BCUT2D eigenvalue weighted by Gasteiger charge is 2.17. The number of carbonyl (C=O) groups is 3. The number of benzene rings is 4. The number of carboxylic acids is 1. The van der Waals surface area contributed by atoms with Crippen molar-refractivity contribution in [3.63, 3.8) is 0 Å². The molecule has 7 nitrogen and oxygen atoms in total. The van der Waals surface area contributed by atoms with Crippen LogP contribution in [0.3, 0.4) is 0 Å². The Morgan fingerprint density at radius 2 is 0.824 bits per heavy atom. The molecule has 0 saturated carbocycles. The first-order chi connectivity index (χ1) is 16.3. The van der Waals surface area contributed by atoms with E-state index in [1.54, 1.807) is 54.6 Å². The largest absolute Gasteiger partial charge is 0.507 e. The Hall–Kier alpha value is -4.91. The zero-order valence-corrected chi connectivity index (χ0v) is 17.8. The van der Waals surface area contributed by atoms with Gasteiger partial charge in [-0.3, -0.25) is 9.59 Å². The number of carboxylic acid groups (broad SMARTS) is 1. The molecule has 0 amide bonds. The lowest BCUT2D eigenvalue weighted by atomic mass is 9.97. The van der Waals surface area contributed by atoms with Crippen molar-refractivity contribution in [1.29, 1.82) is 0 Å². The van der Waals surface area contributed by atoms with E-state index < -0.39 is 5.97 Å². The molecule has 0 saturated heterocycles. The molecule has 34 heavy (non-hydrogen) atoms. The van der Waals surface area contributed by atoms with E-state index in [-0.39, 0.29) is 56.6 Å². The van der Waals surface area contributed by atoms with Crippen LogP contribution in [-0.2, 0) is 0 Å². The Balaban J connectivity index is 0.000000271. The number of hydrogen-bond donors (Lipinski definition) is 4. The molecule has 0 bridgehead atoms. The zero-order valence-electron chi connectivity index (χ0n) is 17.8. The van der Waals surface area contributed by atoms with Crippen LogP contribution >= 0.6 is 0 Å². The van der Waals surface area contributed by atoms with Crippen molar-refractivity contribution < 1.29 is 34.8 Å². The van der Waals surface area contributed by atoms with E-state index >= 15 is 0 Å². The van der Waals surface area contributed by atoms with Gasteiger partial charge in [-0.05, 0) is 42.5 Å². The number of rotatable bonds is 5. The number of carbonyl (C=O) groups excluding carboxylic acids is 2. The maximum atomic E-state index is 12.5. The molecule has 0 aliphatic carbocycles. The molecule has 0 unspecified atom stereocenters. The summed E-state index contributed by atoms with van der Waals surface area (Å²) in [6.07, 6.45) is 0. The normalized spacial score (nSPS) is 10.0. The first kappa shape index (κ1) is 23.7. The third-order valence-corrected chi connectivity index (χ3v) is 4.82. The van der Waals surface area contributed by atoms with E-state index in [2.05, 4.69) is 0 Å². The number of phenols is 3. The van der Waals surface area contributed by atoms with Gasteiger partial charge in [-0.25, -0.2) is 4.79 Å². The lowest BCUT2D eigenvalue weighted by Gasteiger charge is -2.07. The van der Waals surface area contributed by atoms with Crippen LogP contribution < -0.4 is 0 Å². The molecule has 0 radical (unpaired) electrons. The van der Waals surface area contributed by atoms with Gasteiger partial charge in [-0.2, -0.15) is 0 Å². The molecule has 0 aliphatic heterocycles. The van der Waals surface area contributed by atoms with Crippen molar-refractivity contribution in [3.8, 4) is 17.2 Å². The van der Waals surface area contributed by atoms with E-state index in [1.165, 1.54) is 42.5 Å². The monoisotopic (exact) mass is 456 g/mol. The summed E-state index contributed by atoms with van der Waals surface area (Å²) in [5.74, 6) is -2.28. The van der Waals surface area contributed by atoms with Crippen LogP contribution in [0.5, 0.6) is 17.2 Å². The zero-order chi connectivity index (χ0) is 24.7. The third-order valence-electron chi connectivity index (χ3n) is 4.82. The van der Waals surface area contributed by atoms with Gasteiger partial charge in [-0.1, -0.05) is 54.6 Å². The first-order valence-corrected chi connectivity index (χ1v) is 10.1. The van der Waals surface area contributed by atoms with Crippen molar-refractivity contribution in [2.24, 2.45) is 0 Å². The summed E-state index contributed by atoms with van der Waals surface area (Å²) in [5.41, 5.74) is 0.854. The van der Waals surface area contributed by atoms with Crippen LogP contribution in [0.1, 0.15) is 42.2 Å². The highest BCUT2D eigenvalue weighted by atomic mass is 16.4. The SMILES string of the molecule is O=C(O)c1ccccc1O.O=C(c1cccc(C(=O)c2ccccc2O)c1)c1ccccc1O. The van der Waals surface area contributed by atoms with Crippen molar-refractivity contribution in [1.82, 2.24) is 0 Å². The topological polar surface area (TPSA) is 132 Å². The van der Waals surface area contributed by atoms with Crippen LogP contribution in [0, 0.1) is 0 Å². The summed E-state index contributed by atoms with van der Waals surface area (Å²) in [4.78, 5) is 35.3. The molecule has 4 rings (SSSR count). The summed E-state index contributed by atoms with van der Waals surface area (Å²) in [7, 11) is 0. The fourth-order valence-corrected chi connectivity index (χ4v) is 3.10. The van der Waals surface area contributed by atoms with Gasteiger partial charge in [0.25, 0.3) is 0 Å². The molecule has 4 aromatic rings. The average Bonchev–Trinajstić information content (AvgIpc) is 2.84. The summed E-state index contributed by atoms with van der Waals surface area (Å²) < 4.78 is 0. The number of hydrogen-bond acceptors (Lipinski definition) is 6. The van der Waals surface area contributed by atoms with Gasteiger partial charge in [0.1, 0.15) is 22.8 Å². The van der Waals surface area contributed by atoms with Crippen molar-refractivity contribution in [2.75, 3.05) is 0 Å². The maximum absolute atomic E-state index is 12.5. The second-order valence-corrected chi connectivity index (χ2v) is 7.10. The molecule has 7 heteroatoms. The lowest BCUT2D eigenvalue weighted by Crippen LogP contribution is -2.06. The standard InChI is InChI=1S/C20H14O4.C7H6O3/c21-17-10-3-1-8-15(17)19(23)13-6-5-7-14(12-13)20(24)16-9-2-4-11-18(16)22;8-6-4-2-1-3-5(6)7(9)10/h1-12,21-22H;1-4,8H,(H,9,10). The highest BCUT2D eigenvalue weighted by molar-refractivity contribution is 6.14. The van der Waals surface area contributed by atoms with Gasteiger partial charge in [0.15, 0.2) is 11.6 Å². The molecule has 0 heterocycles. The Morgan fingerprint density at radius 1 is 0.471 bits per heavy atom. The smallest absolute Gasteiger partial charge is 0.339 e. The average molecular weight is 456 g/mol. The third kappa shape index (κ3) is 5.46. The molecule has 0 atom stereocenters. The molecule has 4 aromatic carbocycles. The van der Waals surface area contributed by atoms with Crippen LogP contribution in [0.25, 0.3) is 0 Å². The fourth-order valence-electron chi connectivity index (χ4n) is 3.10. The Morgan fingerprint density at radius 3 is 1.15 bits per heavy atom. The maximum Gasteiger partial charge on any atom is 0.339 e. The molecule has 170 valence electrons. The fraction of sp³-hybridized carbons (Fsp3) is 0. The second kappa shape index (κ2) is 10.6. The van der Waals surface area contributed by atoms with E-state index in [0.717, 1.165) is 0 Å². The predicted octanol–water partition coefficient (Wildman–Crippen LogP) is 4.65. The number of phenolic OH excluding ortho intramolecular Hbond substituents is 2. The Labute approximate surface area is 194 Å². The van der Waals surface area contributed by atoms with Crippen molar-refractivity contribution in [3.05, 3.63) is 125 Å². The minimum atomic E-state index is -1.11. The molecule has 0 fully saturated rings. The quantitative estimate of drug-likeness (QED) is 0.321. The van der Waals surface area contributed by atoms with Gasteiger partial charge in [0, 0.05) is 11.1 Å². The van der Waals surface area contributed by atoms with E-state index in [0.29, 0.717) is 0 Å². The number of aromatic hydroxyl groups is 3. The van der Waals surface area contributed by atoms with Gasteiger partial charge < -0.3 is 20.4 Å². The second-order valence-electron chi connectivity index (χ2n) is 7.10. The van der Waals surface area contributed by atoms with E-state index in [4.69, 9.17) is 10.2 Å². The van der Waals surface area contributed by atoms with Gasteiger partial charge in [0.05, 0.1) is 11.1 Å².